The predicted molar refractivity (Wildman–Crippen MR) is 123 cm³/mol. The fourth-order valence-corrected chi connectivity index (χ4v) is 4.51. The molecule has 160 valence electrons. The van der Waals surface area contributed by atoms with E-state index in [0.717, 1.165) is 0 Å². The van der Waals surface area contributed by atoms with Crippen LogP contribution in [-0.2, 0) is 10.1 Å². The van der Waals surface area contributed by atoms with Gasteiger partial charge >= 0.3 is 10.1 Å². The molecular formula is C22H11Cl3N2O4S. The van der Waals surface area contributed by atoms with Gasteiger partial charge < -0.3 is 8.60 Å². The smallest absolute Gasteiger partial charge is 0.339 e. The molecule has 0 atom stereocenters. The van der Waals surface area contributed by atoms with Gasteiger partial charge in [-0.2, -0.15) is 13.7 Å². The Kier molecular flexibility index (Phi) is 6.13. The van der Waals surface area contributed by atoms with Crippen molar-refractivity contribution < 1.29 is 17.0 Å². The molecule has 1 aromatic heterocycles. The van der Waals surface area contributed by atoms with Gasteiger partial charge in [-0.3, -0.25) is 0 Å². The van der Waals surface area contributed by atoms with Crippen molar-refractivity contribution in [3.63, 3.8) is 0 Å². The van der Waals surface area contributed by atoms with Gasteiger partial charge in [-0.1, -0.05) is 46.9 Å². The third-order valence-corrected chi connectivity index (χ3v) is 6.26. The second-order valence-corrected chi connectivity index (χ2v) is 9.28. The zero-order valence-electron chi connectivity index (χ0n) is 15.9. The third-order valence-electron chi connectivity index (χ3n) is 4.28. The molecule has 0 spiro atoms. The van der Waals surface area contributed by atoms with Gasteiger partial charge in [-0.05, 0) is 54.6 Å². The summed E-state index contributed by atoms with van der Waals surface area (Å²) in [5, 5.41) is 10.2. The molecule has 6 nitrogen and oxygen atoms in total. The topological polar surface area (TPSA) is 93.2 Å². The van der Waals surface area contributed by atoms with Gasteiger partial charge in [0.2, 0.25) is 5.89 Å². The molecule has 3 aromatic carbocycles. The molecule has 4 rings (SSSR count). The lowest BCUT2D eigenvalue weighted by Gasteiger charge is -2.12. The van der Waals surface area contributed by atoms with Gasteiger partial charge in [0.15, 0.2) is 11.3 Å². The molecule has 0 fully saturated rings. The number of halogens is 3. The highest BCUT2D eigenvalue weighted by atomic mass is 35.5. The summed E-state index contributed by atoms with van der Waals surface area (Å²) in [5.74, 6) is -0.147. The molecule has 0 unspecified atom stereocenters. The Bertz CT molecular complexity index is 1470. The monoisotopic (exact) mass is 504 g/mol. The van der Waals surface area contributed by atoms with Crippen molar-refractivity contribution in [3.8, 4) is 11.8 Å². The van der Waals surface area contributed by atoms with Crippen molar-refractivity contribution in [2.24, 2.45) is 0 Å². The van der Waals surface area contributed by atoms with E-state index in [0.29, 0.717) is 16.1 Å². The van der Waals surface area contributed by atoms with Gasteiger partial charge in [0.1, 0.15) is 22.1 Å². The molecule has 0 amide bonds. The largest absolute Gasteiger partial charge is 0.435 e. The van der Waals surface area contributed by atoms with Gasteiger partial charge in [-0.15, -0.1) is 0 Å². The molecule has 0 radical (unpaired) electrons. The Labute approximate surface area is 198 Å². The van der Waals surface area contributed by atoms with Crippen LogP contribution >= 0.6 is 34.8 Å². The van der Waals surface area contributed by atoms with Crippen molar-refractivity contribution in [1.29, 1.82) is 5.26 Å². The number of aromatic nitrogens is 1. The highest BCUT2D eigenvalue weighted by Gasteiger charge is 2.22. The minimum Gasteiger partial charge on any atom is -0.435 e. The van der Waals surface area contributed by atoms with Gasteiger partial charge in [-0.25, -0.2) is 4.98 Å². The maximum Gasteiger partial charge on any atom is 0.339 e. The van der Waals surface area contributed by atoms with Crippen LogP contribution in [0.2, 0.25) is 15.1 Å². The lowest BCUT2D eigenvalue weighted by molar-refractivity contribution is 0.485. The summed E-state index contributed by atoms with van der Waals surface area (Å²) in [7, 11) is -4.25. The first-order valence-electron chi connectivity index (χ1n) is 8.94. The van der Waals surface area contributed by atoms with E-state index in [1.165, 1.54) is 42.5 Å². The molecule has 0 aliphatic rings. The molecule has 1 heterocycles. The Morgan fingerprint density at radius 3 is 2.44 bits per heavy atom. The molecule has 0 bridgehead atoms. The maximum absolute atomic E-state index is 12.8. The zero-order valence-corrected chi connectivity index (χ0v) is 19.0. The van der Waals surface area contributed by atoms with Crippen LogP contribution in [0.3, 0.4) is 0 Å². The Hall–Kier alpha value is -3.02. The van der Waals surface area contributed by atoms with E-state index in [1.807, 2.05) is 6.07 Å². The van der Waals surface area contributed by atoms with E-state index in [4.69, 9.17) is 43.4 Å². The first-order chi connectivity index (χ1) is 15.3. The SMILES string of the molecule is N#C/C(=C\c1cc(Cl)cc(Cl)c1OS(=O)(=O)c1ccc(Cl)cc1)c1nc2ccccc2o1. The average molecular weight is 506 g/mol. The minimum absolute atomic E-state index is 0.0216. The number of para-hydroxylation sites is 2. The van der Waals surface area contributed by atoms with Crippen LogP contribution in [0.4, 0.5) is 0 Å². The first-order valence-corrected chi connectivity index (χ1v) is 11.5. The number of nitriles is 1. The quantitative estimate of drug-likeness (QED) is 0.223. The molecule has 32 heavy (non-hydrogen) atoms. The van der Waals surface area contributed by atoms with Crippen LogP contribution in [0.1, 0.15) is 11.5 Å². The summed E-state index contributed by atoms with van der Waals surface area (Å²) in [6.45, 7) is 0. The predicted octanol–water partition coefficient (Wildman–Crippen LogP) is 6.62. The standard InChI is InChI=1S/C22H11Cl3N2O4S/c23-15-5-7-17(8-6-15)32(28,29)31-21-13(10-16(24)11-18(21)25)9-14(12-26)22-27-19-3-1-2-4-20(19)30-22/h1-11H/b14-9+. The highest BCUT2D eigenvalue weighted by Crippen LogP contribution is 2.37. The fourth-order valence-electron chi connectivity index (χ4n) is 2.82. The van der Waals surface area contributed by atoms with E-state index >= 15 is 0 Å². The van der Waals surface area contributed by atoms with Crippen LogP contribution in [0.5, 0.6) is 5.75 Å². The molecule has 4 aromatic rings. The van der Waals surface area contributed by atoms with Crippen molar-refractivity contribution >= 4 is 67.7 Å². The van der Waals surface area contributed by atoms with E-state index in [-0.39, 0.29) is 37.7 Å². The zero-order chi connectivity index (χ0) is 22.9. The second-order valence-electron chi connectivity index (χ2n) is 6.45. The summed E-state index contributed by atoms with van der Waals surface area (Å²) < 4.78 is 36.5. The molecule has 10 heteroatoms. The lowest BCUT2D eigenvalue weighted by Crippen LogP contribution is -2.11. The summed E-state index contributed by atoms with van der Waals surface area (Å²) in [5.41, 5.74) is 1.23. The number of benzene rings is 3. The van der Waals surface area contributed by atoms with Crippen molar-refractivity contribution in [3.05, 3.63) is 87.2 Å². The van der Waals surface area contributed by atoms with Crippen LogP contribution in [0, 0.1) is 11.3 Å². The number of nitrogens with zero attached hydrogens (tertiary/aromatic N) is 2. The average Bonchev–Trinajstić information content (AvgIpc) is 3.18. The molecule has 0 saturated heterocycles. The fraction of sp³-hybridized carbons (Fsp3) is 0. The van der Waals surface area contributed by atoms with Crippen LogP contribution in [0.25, 0.3) is 22.7 Å². The van der Waals surface area contributed by atoms with E-state index < -0.39 is 10.1 Å². The van der Waals surface area contributed by atoms with E-state index in [9.17, 15) is 13.7 Å². The van der Waals surface area contributed by atoms with Crippen molar-refractivity contribution in [2.45, 2.75) is 4.90 Å². The number of hydrogen-bond acceptors (Lipinski definition) is 6. The number of hydrogen-bond donors (Lipinski definition) is 0. The summed E-state index contributed by atoms with van der Waals surface area (Å²) >= 11 is 18.2. The lowest BCUT2D eigenvalue weighted by atomic mass is 10.1. The number of oxazole rings is 1. The first kappa shape index (κ1) is 22.2. The van der Waals surface area contributed by atoms with Crippen molar-refractivity contribution in [1.82, 2.24) is 4.98 Å². The van der Waals surface area contributed by atoms with Gasteiger partial charge in [0.05, 0.1) is 5.02 Å². The number of allylic oxidation sites excluding steroid dienone is 1. The number of rotatable bonds is 5. The Balaban J connectivity index is 1.80. The van der Waals surface area contributed by atoms with Crippen LogP contribution in [-0.4, -0.2) is 13.4 Å². The second kappa shape index (κ2) is 8.85. The summed E-state index contributed by atoms with van der Waals surface area (Å²) in [6.07, 6.45) is 1.34. The van der Waals surface area contributed by atoms with E-state index in [1.54, 1.807) is 24.3 Å². The number of fused-ring (bicyclic) bond motifs is 1. The normalized spacial score (nSPS) is 12.0. The van der Waals surface area contributed by atoms with Gasteiger partial charge in [0.25, 0.3) is 0 Å². The molecule has 0 aliphatic carbocycles. The van der Waals surface area contributed by atoms with E-state index in [2.05, 4.69) is 4.98 Å². The van der Waals surface area contributed by atoms with Crippen LogP contribution in [0.15, 0.2) is 70.0 Å². The molecular weight excluding hydrogens is 495 g/mol. The minimum atomic E-state index is -4.25. The Morgan fingerprint density at radius 2 is 1.75 bits per heavy atom. The van der Waals surface area contributed by atoms with Crippen LogP contribution < -0.4 is 4.18 Å². The molecule has 0 saturated carbocycles. The van der Waals surface area contributed by atoms with Gasteiger partial charge in [0, 0.05) is 15.6 Å². The summed E-state index contributed by atoms with van der Waals surface area (Å²) in [4.78, 5) is 4.17. The third kappa shape index (κ3) is 4.59. The van der Waals surface area contributed by atoms with Crippen molar-refractivity contribution in [2.75, 3.05) is 0 Å². The molecule has 0 N–H and O–H groups in total. The molecule has 0 aliphatic heterocycles. The maximum atomic E-state index is 12.8. The Morgan fingerprint density at radius 1 is 1.03 bits per heavy atom. The summed E-state index contributed by atoms with van der Waals surface area (Å²) in [6, 6.07) is 17.2. The highest BCUT2D eigenvalue weighted by molar-refractivity contribution is 7.87.